The first kappa shape index (κ1) is 20.9. The molecule has 29 heavy (non-hydrogen) atoms. The molecule has 0 N–H and O–H groups in total. The second-order valence-corrected chi connectivity index (χ2v) is 10.7. The van der Waals surface area contributed by atoms with Crippen LogP contribution in [0.3, 0.4) is 0 Å². The van der Waals surface area contributed by atoms with Crippen LogP contribution in [-0.2, 0) is 16.3 Å². The Labute approximate surface area is 182 Å². The van der Waals surface area contributed by atoms with E-state index < -0.39 is 9.84 Å². The Morgan fingerprint density at radius 2 is 1.69 bits per heavy atom. The molecule has 1 aliphatic carbocycles. The zero-order valence-corrected chi connectivity index (χ0v) is 18.8. The van der Waals surface area contributed by atoms with E-state index in [2.05, 4.69) is 16.8 Å². The molecule has 2 atom stereocenters. The molecule has 0 bridgehead atoms. The van der Waals surface area contributed by atoms with Gasteiger partial charge in [0.1, 0.15) is 11.9 Å². The maximum absolute atomic E-state index is 11.7. The summed E-state index contributed by atoms with van der Waals surface area (Å²) in [5.74, 6) is 0.630. The summed E-state index contributed by atoms with van der Waals surface area (Å²) in [5, 5.41) is 1.26. The molecule has 2 aromatic rings. The van der Waals surface area contributed by atoms with E-state index in [9.17, 15) is 8.42 Å². The summed E-state index contributed by atoms with van der Waals surface area (Å²) in [6.45, 7) is 3.95. The van der Waals surface area contributed by atoms with Crippen LogP contribution in [0.25, 0.3) is 0 Å². The third-order valence-electron chi connectivity index (χ3n) is 5.79. The van der Waals surface area contributed by atoms with Gasteiger partial charge in [0.25, 0.3) is 0 Å². The van der Waals surface area contributed by atoms with Crippen molar-refractivity contribution in [2.75, 3.05) is 39.5 Å². The number of benzene rings is 2. The first-order chi connectivity index (χ1) is 13.7. The van der Waals surface area contributed by atoms with Gasteiger partial charge in [0.15, 0.2) is 9.84 Å². The predicted octanol–water partition coefficient (Wildman–Crippen LogP) is 3.69. The van der Waals surface area contributed by atoms with Crippen molar-refractivity contribution < 1.29 is 13.2 Å². The third kappa shape index (κ3) is 4.42. The van der Waals surface area contributed by atoms with Crippen molar-refractivity contribution in [2.45, 2.75) is 23.5 Å². The molecule has 0 saturated carbocycles. The first-order valence-electron chi connectivity index (χ1n) is 9.59. The van der Waals surface area contributed by atoms with Crippen molar-refractivity contribution in [1.82, 2.24) is 9.80 Å². The fraction of sp³-hybridized carbons (Fsp3) is 0.429. The van der Waals surface area contributed by atoms with E-state index in [-0.39, 0.29) is 17.0 Å². The van der Waals surface area contributed by atoms with E-state index in [0.29, 0.717) is 15.8 Å². The molecular weight excluding hydrogens is 431 g/mol. The Bertz CT molecular complexity index is 1000. The topological polar surface area (TPSA) is 49.9 Å². The minimum absolute atomic E-state index is 0.157. The van der Waals surface area contributed by atoms with Gasteiger partial charge in [-0.3, -0.25) is 4.90 Å². The van der Waals surface area contributed by atoms with Gasteiger partial charge in [-0.05, 0) is 55.4 Å². The average Bonchev–Trinajstić information content (AvgIpc) is 3.01. The van der Waals surface area contributed by atoms with Crippen LogP contribution in [0.15, 0.2) is 41.3 Å². The van der Waals surface area contributed by atoms with Crippen molar-refractivity contribution in [3.8, 4) is 5.75 Å². The summed E-state index contributed by atoms with van der Waals surface area (Å²) in [4.78, 5) is 5.06. The predicted molar refractivity (Wildman–Crippen MR) is 116 cm³/mol. The fourth-order valence-electron chi connectivity index (χ4n) is 4.14. The number of rotatable bonds is 4. The van der Waals surface area contributed by atoms with Crippen molar-refractivity contribution in [3.63, 3.8) is 0 Å². The minimum Gasteiger partial charge on any atom is -0.484 e. The number of nitrogens with zero attached hydrogens (tertiary/aromatic N) is 2. The van der Waals surface area contributed by atoms with Gasteiger partial charge < -0.3 is 9.64 Å². The zero-order chi connectivity index (χ0) is 20.8. The van der Waals surface area contributed by atoms with E-state index >= 15 is 0 Å². The molecule has 1 aliphatic heterocycles. The molecule has 4 rings (SSSR count). The Morgan fingerprint density at radius 3 is 2.31 bits per heavy atom. The normalized spacial score (nSPS) is 23.2. The van der Waals surface area contributed by atoms with E-state index in [4.69, 9.17) is 27.9 Å². The molecule has 156 valence electrons. The van der Waals surface area contributed by atoms with Gasteiger partial charge >= 0.3 is 0 Å². The summed E-state index contributed by atoms with van der Waals surface area (Å²) in [7, 11) is -1.11. The lowest BCUT2D eigenvalue weighted by atomic mass is 10.1. The fourth-order valence-corrected chi connectivity index (χ4v) is 5.36. The van der Waals surface area contributed by atoms with Crippen LogP contribution < -0.4 is 4.74 Å². The highest BCUT2D eigenvalue weighted by atomic mass is 35.5. The number of fused-ring (bicyclic) bond motifs is 1. The SMILES string of the molecule is CN1CCN([C@H]2Cc3c(Cl)cc(Cl)cc3[C@H]2Oc2ccc(S(C)(=O)=O)cc2)CC1. The largest absolute Gasteiger partial charge is 0.484 e. The van der Waals surface area contributed by atoms with Crippen molar-refractivity contribution >= 4 is 33.0 Å². The van der Waals surface area contributed by atoms with Gasteiger partial charge in [-0.1, -0.05) is 23.2 Å². The summed E-state index contributed by atoms with van der Waals surface area (Å²) >= 11 is 12.8. The second-order valence-electron chi connectivity index (χ2n) is 7.85. The number of ether oxygens (including phenoxy) is 1. The van der Waals surface area contributed by atoms with Crippen LogP contribution >= 0.6 is 23.2 Å². The van der Waals surface area contributed by atoms with Crippen LogP contribution in [0, 0.1) is 0 Å². The van der Waals surface area contributed by atoms with Crippen molar-refractivity contribution in [3.05, 3.63) is 57.6 Å². The van der Waals surface area contributed by atoms with Crippen LogP contribution in [-0.4, -0.2) is 63.7 Å². The highest BCUT2D eigenvalue weighted by molar-refractivity contribution is 7.90. The van der Waals surface area contributed by atoms with Crippen LogP contribution in [0.4, 0.5) is 0 Å². The lowest BCUT2D eigenvalue weighted by molar-refractivity contribution is 0.0454. The van der Waals surface area contributed by atoms with Gasteiger partial charge in [0.05, 0.1) is 10.9 Å². The van der Waals surface area contributed by atoms with E-state index in [1.165, 1.54) is 6.26 Å². The standard InChI is InChI=1S/C21H24Cl2N2O3S/c1-24-7-9-25(10-8-24)20-13-17-18(11-14(22)12-19(17)23)21(20)28-15-3-5-16(6-4-15)29(2,26)27/h3-6,11-12,20-21H,7-10,13H2,1-2H3/t20-,21+/m0/s1. The molecule has 8 heteroatoms. The van der Waals surface area contributed by atoms with Crippen LogP contribution in [0.5, 0.6) is 5.75 Å². The monoisotopic (exact) mass is 454 g/mol. The van der Waals surface area contributed by atoms with Gasteiger partial charge in [-0.25, -0.2) is 8.42 Å². The maximum Gasteiger partial charge on any atom is 0.175 e. The molecule has 2 aromatic carbocycles. The summed E-state index contributed by atoms with van der Waals surface area (Å²) in [6, 6.07) is 10.5. The second kappa shape index (κ2) is 8.08. The maximum atomic E-state index is 11.7. The van der Waals surface area contributed by atoms with E-state index in [1.54, 1.807) is 30.3 Å². The van der Waals surface area contributed by atoms with Gasteiger partial charge in [0, 0.05) is 48.0 Å². The zero-order valence-electron chi connectivity index (χ0n) is 16.4. The van der Waals surface area contributed by atoms with Crippen LogP contribution in [0.2, 0.25) is 10.0 Å². The quantitative estimate of drug-likeness (QED) is 0.704. The third-order valence-corrected chi connectivity index (χ3v) is 7.47. The highest BCUT2D eigenvalue weighted by Gasteiger charge is 2.40. The molecule has 0 aromatic heterocycles. The van der Waals surface area contributed by atoms with Crippen molar-refractivity contribution in [1.29, 1.82) is 0 Å². The molecule has 2 aliphatic rings. The number of piperazine rings is 1. The number of sulfone groups is 1. The molecule has 0 spiro atoms. The Hall–Kier alpha value is -1.31. The lowest BCUT2D eigenvalue weighted by Gasteiger charge is -2.38. The Morgan fingerprint density at radius 1 is 1.03 bits per heavy atom. The minimum atomic E-state index is -3.24. The number of halogens is 2. The van der Waals surface area contributed by atoms with Gasteiger partial charge in [-0.2, -0.15) is 0 Å². The Balaban J connectivity index is 1.65. The lowest BCUT2D eigenvalue weighted by Crippen LogP contribution is -2.50. The molecule has 1 fully saturated rings. The summed E-state index contributed by atoms with van der Waals surface area (Å²) < 4.78 is 29.9. The summed E-state index contributed by atoms with van der Waals surface area (Å²) in [5.41, 5.74) is 2.09. The van der Waals surface area contributed by atoms with E-state index in [0.717, 1.165) is 43.7 Å². The van der Waals surface area contributed by atoms with Crippen LogP contribution in [0.1, 0.15) is 17.2 Å². The molecule has 0 amide bonds. The molecule has 1 heterocycles. The molecule has 1 saturated heterocycles. The molecule has 0 radical (unpaired) electrons. The number of likely N-dealkylation sites (N-methyl/N-ethyl adjacent to an activating group) is 1. The van der Waals surface area contributed by atoms with Gasteiger partial charge in [-0.15, -0.1) is 0 Å². The smallest absolute Gasteiger partial charge is 0.175 e. The molecule has 0 unspecified atom stereocenters. The summed E-state index contributed by atoms with van der Waals surface area (Å²) in [6.07, 6.45) is 1.79. The Kier molecular flexibility index (Phi) is 5.84. The van der Waals surface area contributed by atoms with Crippen molar-refractivity contribution in [2.24, 2.45) is 0 Å². The first-order valence-corrected chi connectivity index (χ1v) is 12.2. The van der Waals surface area contributed by atoms with E-state index in [1.807, 2.05) is 6.07 Å². The number of hydrogen-bond donors (Lipinski definition) is 0. The molecule has 5 nitrogen and oxygen atoms in total. The molecular formula is C21H24Cl2N2O3S. The average molecular weight is 455 g/mol. The van der Waals surface area contributed by atoms with Gasteiger partial charge in [0.2, 0.25) is 0 Å². The number of hydrogen-bond acceptors (Lipinski definition) is 5. The highest BCUT2D eigenvalue weighted by Crippen LogP contribution is 2.42.